The Kier molecular flexibility index (Phi) is 4.44. The molecular weight excluding hydrogens is 366 g/mol. The second kappa shape index (κ2) is 6.90. The molecule has 0 aliphatic rings. The van der Waals surface area contributed by atoms with E-state index in [2.05, 4.69) is 50.8 Å². The number of benzene rings is 1. The summed E-state index contributed by atoms with van der Waals surface area (Å²) in [6.07, 6.45) is 2.77. The maximum atomic E-state index is 6.04. The van der Waals surface area contributed by atoms with Crippen molar-refractivity contribution >= 4 is 28.9 Å². The van der Waals surface area contributed by atoms with Crippen molar-refractivity contribution in [2.24, 2.45) is 7.05 Å². The van der Waals surface area contributed by atoms with Crippen molar-refractivity contribution in [3.05, 3.63) is 69.6 Å². The number of nitrogen functional groups attached to an aromatic ring is 1. The Bertz CT molecular complexity index is 1030. The van der Waals surface area contributed by atoms with E-state index < -0.39 is 0 Å². The number of hydrogen-bond acceptors (Lipinski definition) is 5. The van der Waals surface area contributed by atoms with Gasteiger partial charge in [-0.1, -0.05) is 41.9 Å². The van der Waals surface area contributed by atoms with Crippen LogP contribution in [0.5, 0.6) is 0 Å². The van der Waals surface area contributed by atoms with Crippen molar-refractivity contribution in [3.63, 3.8) is 0 Å². The molecule has 130 valence electrons. The van der Waals surface area contributed by atoms with Gasteiger partial charge in [-0.2, -0.15) is 5.10 Å². The molecule has 0 bridgehead atoms. The molecule has 0 spiro atoms. The summed E-state index contributed by atoms with van der Waals surface area (Å²) in [5.41, 5.74) is 10.7. The van der Waals surface area contributed by atoms with Crippen LogP contribution < -0.4 is 5.73 Å². The minimum Gasteiger partial charge on any atom is -0.368 e. The summed E-state index contributed by atoms with van der Waals surface area (Å²) >= 11 is 7.78. The summed E-state index contributed by atoms with van der Waals surface area (Å²) in [6.45, 7) is 0. The van der Waals surface area contributed by atoms with E-state index in [0.29, 0.717) is 10.8 Å². The third kappa shape index (κ3) is 3.34. The summed E-state index contributed by atoms with van der Waals surface area (Å²) in [7, 11) is 1.89. The first-order valence-electron chi connectivity index (χ1n) is 8.05. The average molecular weight is 382 g/mol. The molecule has 0 aliphatic heterocycles. The number of halogens is 1. The van der Waals surface area contributed by atoms with Gasteiger partial charge in [-0.25, -0.2) is 9.97 Å². The Morgan fingerprint density at radius 1 is 1.15 bits per heavy atom. The van der Waals surface area contributed by atoms with Crippen LogP contribution in [-0.2, 0) is 13.5 Å². The molecule has 0 aliphatic carbocycles. The first kappa shape index (κ1) is 16.8. The molecule has 4 aromatic rings. The Morgan fingerprint density at radius 2 is 1.96 bits per heavy atom. The third-order valence-electron chi connectivity index (χ3n) is 4.04. The van der Waals surface area contributed by atoms with Gasteiger partial charge in [0.25, 0.3) is 0 Å². The molecule has 0 atom stereocenters. The van der Waals surface area contributed by atoms with Crippen molar-refractivity contribution in [1.29, 1.82) is 0 Å². The fourth-order valence-corrected chi connectivity index (χ4v) is 4.07. The minimum absolute atomic E-state index is 0.144. The minimum atomic E-state index is 0.144. The lowest BCUT2D eigenvalue weighted by atomic mass is 10.0. The van der Waals surface area contributed by atoms with Crippen molar-refractivity contribution in [1.82, 2.24) is 19.7 Å². The largest absolute Gasteiger partial charge is 0.368 e. The molecular formula is C19H16ClN5S. The van der Waals surface area contributed by atoms with Crippen LogP contribution in [0, 0.1) is 0 Å². The summed E-state index contributed by atoms with van der Waals surface area (Å²) in [5, 5.41) is 6.99. The highest BCUT2D eigenvalue weighted by Gasteiger charge is 2.16. The standard InChI is InChI=1S/C19H16ClN5S/c1-25-11-13(18(24-25)15-10-17(20)23-19(21)22-15)9-16-14(7-8-26-16)12-5-3-2-4-6-12/h2-8,10-11H,9H2,1H3,(H2,21,22,23). The SMILES string of the molecule is Cn1cc(Cc2sccc2-c2ccccc2)c(-c2cc(Cl)nc(N)n2)n1. The van der Waals surface area contributed by atoms with E-state index in [0.717, 1.165) is 17.7 Å². The molecule has 4 rings (SSSR count). The second-order valence-electron chi connectivity index (χ2n) is 5.91. The van der Waals surface area contributed by atoms with Crippen molar-refractivity contribution < 1.29 is 0 Å². The highest BCUT2D eigenvalue weighted by Crippen LogP contribution is 2.32. The summed E-state index contributed by atoms with van der Waals surface area (Å²) in [6, 6.07) is 14.2. The van der Waals surface area contributed by atoms with Gasteiger partial charge in [0.05, 0.1) is 5.69 Å². The molecule has 2 N–H and O–H groups in total. The van der Waals surface area contributed by atoms with Crippen LogP contribution in [0.1, 0.15) is 10.4 Å². The molecule has 5 nitrogen and oxygen atoms in total. The second-order valence-corrected chi connectivity index (χ2v) is 7.30. The predicted molar refractivity (Wildman–Crippen MR) is 106 cm³/mol. The van der Waals surface area contributed by atoms with Crippen LogP contribution in [-0.4, -0.2) is 19.7 Å². The Hall–Kier alpha value is -2.70. The molecule has 0 saturated carbocycles. The van der Waals surface area contributed by atoms with E-state index in [4.69, 9.17) is 17.3 Å². The van der Waals surface area contributed by atoms with Gasteiger partial charge >= 0.3 is 0 Å². The first-order chi connectivity index (χ1) is 12.6. The van der Waals surface area contributed by atoms with Crippen LogP contribution in [0.25, 0.3) is 22.5 Å². The molecule has 0 unspecified atom stereocenters. The zero-order valence-electron chi connectivity index (χ0n) is 14.1. The van der Waals surface area contributed by atoms with Gasteiger partial charge in [0, 0.05) is 36.2 Å². The van der Waals surface area contributed by atoms with Crippen molar-refractivity contribution in [2.45, 2.75) is 6.42 Å². The maximum absolute atomic E-state index is 6.04. The number of aryl methyl sites for hydroxylation is 1. The van der Waals surface area contributed by atoms with Gasteiger partial charge in [-0.05, 0) is 22.6 Å². The van der Waals surface area contributed by atoms with Crippen LogP contribution in [0.2, 0.25) is 5.15 Å². The fourth-order valence-electron chi connectivity index (χ4n) is 2.96. The molecule has 0 fully saturated rings. The normalized spacial score (nSPS) is 11.0. The van der Waals surface area contributed by atoms with E-state index in [-0.39, 0.29) is 5.95 Å². The van der Waals surface area contributed by atoms with Gasteiger partial charge in [-0.3, -0.25) is 4.68 Å². The molecule has 0 radical (unpaired) electrons. The van der Waals surface area contributed by atoms with Gasteiger partial charge in [0.2, 0.25) is 5.95 Å². The summed E-state index contributed by atoms with van der Waals surface area (Å²) < 4.78 is 1.78. The number of thiophene rings is 1. The quantitative estimate of drug-likeness (QED) is 0.531. The van der Waals surface area contributed by atoms with E-state index in [1.165, 1.54) is 16.0 Å². The van der Waals surface area contributed by atoms with Crippen LogP contribution in [0.4, 0.5) is 5.95 Å². The lowest BCUT2D eigenvalue weighted by Crippen LogP contribution is -1.99. The number of hydrogen-bond donors (Lipinski definition) is 1. The Labute approximate surface area is 160 Å². The topological polar surface area (TPSA) is 69.6 Å². The lowest BCUT2D eigenvalue weighted by molar-refractivity contribution is 0.769. The number of rotatable bonds is 4. The Morgan fingerprint density at radius 3 is 2.73 bits per heavy atom. The van der Waals surface area contributed by atoms with Crippen molar-refractivity contribution in [2.75, 3.05) is 5.73 Å². The number of anilines is 1. The highest BCUT2D eigenvalue weighted by molar-refractivity contribution is 7.10. The van der Waals surface area contributed by atoms with Gasteiger partial charge in [0.15, 0.2) is 0 Å². The zero-order chi connectivity index (χ0) is 18.1. The van der Waals surface area contributed by atoms with Crippen LogP contribution >= 0.6 is 22.9 Å². The number of nitrogens with two attached hydrogens (primary N) is 1. The van der Waals surface area contributed by atoms with Gasteiger partial charge < -0.3 is 5.73 Å². The fraction of sp³-hybridized carbons (Fsp3) is 0.105. The Balaban J connectivity index is 1.74. The monoisotopic (exact) mass is 381 g/mol. The number of aromatic nitrogens is 4. The molecule has 3 aromatic heterocycles. The maximum Gasteiger partial charge on any atom is 0.222 e. The molecule has 1 aromatic carbocycles. The summed E-state index contributed by atoms with van der Waals surface area (Å²) in [5.74, 6) is 0.144. The highest BCUT2D eigenvalue weighted by atomic mass is 35.5. The van der Waals surface area contributed by atoms with E-state index in [9.17, 15) is 0 Å². The van der Waals surface area contributed by atoms with Gasteiger partial charge in [0.1, 0.15) is 10.8 Å². The molecule has 0 saturated heterocycles. The molecule has 0 amide bonds. The zero-order valence-corrected chi connectivity index (χ0v) is 15.6. The predicted octanol–water partition coefficient (Wildman–Crippen LogP) is 4.43. The van der Waals surface area contributed by atoms with Crippen molar-refractivity contribution in [3.8, 4) is 22.5 Å². The van der Waals surface area contributed by atoms with Crippen LogP contribution in [0.15, 0.2) is 54.0 Å². The average Bonchev–Trinajstić information content (AvgIpc) is 3.21. The number of nitrogens with zero attached hydrogens (tertiary/aromatic N) is 4. The van der Waals surface area contributed by atoms with E-state index in [1.807, 2.05) is 19.3 Å². The third-order valence-corrected chi connectivity index (χ3v) is 5.16. The molecule has 7 heteroatoms. The lowest BCUT2D eigenvalue weighted by Gasteiger charge is -2.05. The van der Waals surface area contributed by atoms with E-state index in [1.54, 1.807) is 22.1 Å². The summed E-state index contributed by atoms with van der Waals surface area (Å²) in [4.78, 5) is 9.50. The molecule has 26 heavy (non-hydrogen) atoms. The van der Waals surface area contributed by atoms with E-state index >= 15 is 0 Å². The first-order valence-corrected chi connectivity index (χ1v) is 9.30. The van der Waals surface area contributed by atoms with Gasteiger partial charge in [-0.15, -0.1) is 11.3 Å². The smallest absolute Gasteiger partial charge is 0.222 e. The molecule has 3 heterocycles. The van der Waals surface area contributed by atoms with Crippen LogP contribution in [0.3, 0.4) is 0 Å².